The SMILES string of the molecule is Cc1c(C(O)O)nnn1-c1ccccc1F. The van der Waals surface area contributed by atoms with E-state index in [2.05, 4.69) is 10.3 Å². The number of hydrogen-bond donors (Lipinski definition) is 2. The highest BCUT2D eigenvalue weighted by molar-refractivity contribution is 5.34. The van der Waals surface area contributed by atoms with E-state index in [9.17, 15) is 4.39 Å². The molecular formula is C10H10FN3O2. The first-order chi connectivity index (χ1) is 7.61. The molecule has 0 bridgehead atoms. The molecule has 1 aromatic carbocycles. The molecule has 0 atom stereocenters. The van der Waals surface area contributed by atoms with E-state index in [1.54, 1.807) is 19.1 Å². The summed E-state index contributed by atoms with van der Waals surface area (Å²) in [7, 11) is 0. The Labute approximate surface area is 90.8 Å². The molecule has 0 aliphatic carbocycles. The Balaban J connectivity index is 2.54. The van der Waals surface area contributed by atoms with E-state index in [0.29, 0.717) is 5.69 Å². The van der Waals surface area contributed by atoms with E-state index in [1.165, 1.54) is 16.8 Å². The number of rotatable bonds is 2. The molecule has 0 saturated heterocycles. The van der Waals surface area contributed by atoms with Crippen LogP contribution in [-0.2, 0) is 0 Å². The van der Waals surface area contributed by atoms with Crippen molar-refractivity contribution in [1.29, 1.82) is 0 Å². The van der Waals surface area contributed by atoms with Crippen molar-refractivity contribution in [3.63, 3.8) is 0 Å². The predicted octanol–water partition coefficient (Wildman–Crippen LogP) is 0.698. The average Bonchev–Trinajstić information content (AvgIpc) is 2.61. The van der Waals surface area contributed by atoms with Gasteiger partial charge in [0, 0.05) is 0 Å². The summed E-state index contributed by atoms with van der Waals surface area (Å²) >= 11 is 0. The first-order valence-corrected chi connectivity index (χ1v) is 4.64. The molecule has 0 aliphatic rings. The van der Waals surface area contributed by atoms with Crippen LogP contribution in [0.3, 0.4) is 0 Å². The smallest absolute Gasteiger partial charge is 0.199 e. The molecule has 0 amide bonds. The van der Waals surface area contributed by atoms with Gasteiger partial charge in [-0.25, -0.2) is 9.07 Å². The second kappa shape index (κ2) is 3.99. The third-order valence-corrected chi connectivity index (χ3v) is 2.26. The minimum absolute atomic E-state index is 0.0169. The van der Waals surface area contributed by atoms with Crippen molar-refractivity contribution >= 4 is 0 Å². The number of benzene rings is 1. The fraction of sp³-hybridized carbons (Fsp3) is 0.200. The lowest BCUT2D eigenvalue weighted by Gasteiger charge is -2.05. The molecule has 2 N–H and O–H groups in total. The maximum Gasteiger partial charge on any atom is 0.199 e. The van der Waals surface area contributed by atoms with Crippen molar-refractivity contribution in [2.24, 2.45) is 0 Å². The molecule has 5 nitrogen and oxygen atoms in total. The fourth-order valence-corrected chi connectivity index (χ4v) is 1.43. The van der Waals surface area contributed by atoms with Gasteiger partial charge in [0.25, 0.3) is 0 Å². The number of hydrogen-bond acceptors (Lipinski definition) is 4. The highest BCUT2D eigenvalue weighted by Gasteiger charge is 2.16. The summed E-state index contributed by atoms with van der Waals surface area (Å²) < 4.78 is 14.7. The van der Waals surface area contributed by atoms with Crippen molar-refractivity contribution in [3.8, 4) is 5.69 Å². The lowest BCUT2D eigenvalue weighted by molar-refractivity contribution is -0.0463. The van der Waals surface area contributed by atoms with Crippen LogP contribution in [-0.4, -0.2) is 25.2 Å². The molecule has 0 radical (unpaired) electrons. The van der Waals surface area contributed by atoms with Crippen LogP contribution in [0.4, 0.5) is 4.39 Å². The monoisotopic (exact) mass is 223 g/mol. The van der Waals surface area contributed by atoms with Crippen LogP contribution in [0.2, 0.25) is 0 Å². The molecule has 6 heteroatoms. The Morgan fingerprint density at radius 2 is 2.00 bits per heavy atom. The van der Waals surface area contributed by atoms with E-state index >= 15 is 0 Å². The summed E-state index contributed by atoms with van der Waals surface area (Å²) in [5, 5.41) is 25.2. The molecular weight excluding hydrogens is 213 g/mol. The van der Waals surface area contributed by atoms with Crippen LogP contribution in [0.1, 0.15) is 17.7 Å². The summed E-state index contributed by atoms with van der Waals surface area (Å²) in [5.74, 6) is -0.450. The third kappa shape index (κ3) is 1.68. The predicted molar refractivity (Wildman–Crippen MR) is 53.2 cm³/mol. The molecule has 2 aromatic rings. The molecule has 16 heavy (non-hydrogen) atoms. The van der Waals surface area contributed by atoms with Crippen molar-refractivity contribution in [3.05, 3.63) is 41.5 Å². The molecule has 1 heterocycles. The van der Waals surface area contributed by atoms with Gasteiger partial charge in [-0.15, -0.1) is 5.10 Å². The van der Waals surface area contributed by atoms with Gasteiger partial charge < -0.3 is 10.2 Å². The standard InChI is InChI=1S/C10H10FN3O2/c1-6-9(10(15)16)12-13-14(6)8-5-3-2-4-7(8)11/h2-5,10,15-16H,1H3. The second-order valence-electron chi connectivity index (χ2n) is 3.30. The molecule has 0 aliphatic heterocycles. The third-order valence-electron chi connectivity index (χ3n) is 2.26. The Kier molecular flexibility index (Phi) is 2.67. The molecule has 2 rings (SSSR count). The Morgan fingerprint density at radius 1 is 1.31 bits per heavy atom. The van der Waals surface area contributed by atoms with E-state index in [-0.39, 0.29) is 11.4 Å². The van der Waals surface area contributed by atoms with E-state index in [4.69, 9.17) is 10.2 Å². The van der Waals surface area contributed by atoms with Crippen molar-refractivity contribution in [1.82, 2.24) is 15.0 Å². The van der Waals surface area contributed by atoms with Gasteiger partial charge in [-0.2, -0.15) is 0 Å². The van der Waals surface area contributed by atoms with Gasteiger partial charge in [0.1, 0.15) is 17.2 Å². The molecule has 0 unspecified atom stereocenters. The minimum atomic E-state index is -1.71. The van der Waals surface area contributed by atoms with Gasteiger partial charge in [0.2, 0.25) is 0 Å². The van der Waals surface area contributed by atoms with Gasteiger partial charge in [0.05, 0.1) is 5.69 Å². The number of halogens is 1. The number of para-hydroxylation sites is 1. The van der Waals surface area contributed by atoms with E-state index < -0.39 is 12.1 Å². The van der Waals surface area contributed by atoms with Gasteiger partial charge in [-0.1, -0.05) is 17.3 Å². The number of aromatic nitrogens is 3. The first kappa shape index (κ1) is 10.7. The lowest BCUT2D eigenvalue weighted by Crippen LogP contribution is -2.03. The maximum absolute atomic E-state index is 13.5. The van der Waals surface area contributed by atoms with Crippen molar-refractivity contribution < 1.29 is 14.6 Å². The normalized spacial score (nSPS) is 11.1. The van der Waals surface area contributed by atoms with Crippen LogP contribution in [0, 0.1) is 12.7 Å². The minimum Gasteiger partial charge on any atom is -0.363 e. The van der Waals surface area contributed by atoms with Gasteiger partial charge >= 0.3 is 0 Å². The van der Waals surface area contributed by atoms with Crippen LogP contribution in [0.15, 0.2) is 24.3 Å². The molecule has 1 aromatic heterocycles. The zero-order chi connectivity index (χ0) is 11.7. The fourth-order valence-electron chi connectivity index (χ4n) is 1.43. The van der Waals surface area contributed by atoms with Crippen LogP contribution in [0.25, 0.3) is 5.69 Å². The van der Waals surface area contributed by atoms with Crippen molar-refractivity contribution in [2.75, 3.05) is 0 Å². The maximum atomic E-state index is 13.5. The highest BCUT2D eigenvalue weighted by Crippen LogP contribution is 2.18. The average molecular weight is 223 g/mol. The molecule has 84 valence electrons. The zero-order valence-corrected chi connectivity index (χ0v) is 8.50. The molecule has 0 spiro atoms. The summed E-state index contributed by atoms with van der Waals surface area (Å²) in [4.78, 5) is 0. The lowest BCUT2D eigenvalue weighted by atomic mass is 10.3. The number of aliphatic hydroxyl groups excluding tert-OH is 1. The summed E-state index contributed by atoms with van der Waals surface area (Å²) in [6, 6.07) is 6.05. The van der Waals surface area contributed by atoms with Crippen molar-refractivity contribution in [2.45, 2.75) is 13.2 Å². The van der Waals surface area contributed by atoms with E-state index in [0.717, 1.165) is 0 Å². The highest BCUT2D eigenvalue weighted by atomic mass is 19.1. The van der Waals surface area contributed by atoms with Gasteiger partial charge in [0.15, 0.2) is 6.29 Å². The topological polar surface area (TPSA) is 71.2 Å². The van der Waals surface area contributed by atoms with E-state index in [1.807, 2.05) is 0 Å². The second-order valence-corrected chi connectivity index (χ2v) is 3.30. The van der Waals surface area contributed by atoms with Crippen LogP contribution >= 0.6 is 0 Å². The Hall–Kier alpha value is -1.79. The van der Waals surface area contributed by atoms with Gasteiger partial charge in [-0.05, 0) is 19.1 Å². The van der Waals surface area contributed by atoms with Gasteiger partial charge in [-0.3, -0.25) is 0 Å². The summed E-state index contributed by atoms with van der Waals surface area (Å²) in [5.41, 5.74) is 0.628. The number of aliphatic hydroxyl groups is 2. The largest absolute Gasteiger partial charge is 0.363 e. The van der Waals surface area contributed by atoms with Crippen LogP contribution in [0.5, 0.6) is 0 Å². The quantitative estimate of drug-likeness (QED) is 0.735. The summed E-state index contributed by atoms with van der Waals surface area (Å²) in [6.07, 6.45) is -1.71. The van der Waals surface area contributed by atoms with Crippen LogP contribution < -0.4 is 0 Å². The Bertz CT molecular complexity index is 511. The zero-order valence-electron chi connectivity index (χ0n) is 8.50. The number of nitrogens with zero attached hydrogens (tertiary/aromatic N) is 3. The Morgan fingerprint density at radius 3 is 2.56 bits per heavy atom. The summed E-state index contributed by atoms with van der Waals surface area (Å²) in [6.45, 7) is 1.58. The molecule has 0 fully saturated rings. The first-order valence-electron chi connectivity index (χ1n) is 4.64. The molecule has 0 saturated carbocycles.